The molecule has 0 aliphatic heterocycles. The predicted octanol–water partition coefficient (Wildman–Crippen LogP) is 14.2. The molecule has 0 spiro atoms. The van der Waals surface area contributed by atoms with Crippen LogP contribution >= 0.6 is 11.3 Å². The van der Waals surface area contributed by atoms with Crippen molar-refractivity contribution in [2.45, 2.75) is 6.92 Å². The third-order valence-electron chi connectivity index (χ3n) is 9.47. The lowest BCUT2D eigenvalue weighted by atomic mass is 9.94. The molecule has 0 aliphatic rings. The van der Waals surface area contributed by atoms with Gasteiger partial charge in [-0.15, -0.1) is 11.3 Å². The number of thiophene rings is 1. The highest BCUT2D eigenvalue weighted by Gasteiger charge is 2.18. The molecule has 0 radical (unpaired) electrons. The number of hydrogen-bond donors (Lipinski definition) is 0. The van der Waals surface area contributed by atoms with Gasteiger partial charge in [-0.25, -0.2) is 15.0 Å². The Kier molecular flexibility index (Phi) is 5.89. The van der Waals surface area contributed by atoms with Crippen LogP contribution in [0.25, 0.3) is 98.8 Å². The molecule has 264 valence electrons. The topological polar surface area (TPSA) is 38.7 Å². The van der Waals surface area contributed by atoms with Crippen LogP contribution in [-0.4, -0.2) is 15.0 Å². The van der Waals surface area contributed by atoms with E-state index in [1.54, 1.807) is 30.3 Å². The number of rotatable bonds is 7. The standard InChI is InChI=1S/C52H35N3S/c1-34-14-11-21-40(30-34)51-53-50(39-19-9-4-10-20-39)54-52(55-51)43-32-41(36-17-7-3-8-18-36)31-42(33-43)45-23-13-25-47-46-24-12-22-44(48(46)56-49(45)47)38-28-26-37(27-29-38)35-15-5-2-6-16-35/h2-33H,1H3/i4D,9D,10D,11D,14D,19D,20D,21D,30D,31D,32D,33D. The molecule has 2 heterocycles. The Hall–Kier alpha value is -7.01. The third-order valence-corrected chi connectivity index (χ3v) is 10.8. The van der Waals surface area contributed by atoms with Crippen LogP contribution in [0.5, 0.6) is 0 Å². The molecule has 0 bridgehead atoms. The molecule has 0 aliphatic carbocycles. The zero-order valence-electron chi connectivity index (χ0n) is 41.8. The van der Waals surface area contributed by atoms with Crippen molar-refractivity contribution in [2.75, 3.05) is 0 Å². The quantitative estimate of drug-likeness (QED) is 0.163. The smallest absolute Gasteiger partial charge is 0.164 e. The molecule has 10 rings (SSSR count). The van der Waals surface area contributed by atoms with Crippen molar-refractivity contribution in [3.8, 4) is 78.7 Å². The van der Waals surface area contributed by atoms with E-state index in [4.69, 9.17) is 12.3 Å². The summed E-state index contributed by atoms with van der Waals surface area (Å²) < 4.78 is 109. The van der Waals surface area contributed by atoms with Crippen molar-refractivity contribution < 1.29 is 16.4 Å². The van der Waals surface area contributed by atoms with E-state index in [0.717, 1.165) is 42.4 Å². The molecule has 0 N–H and O–H groups in total. The van der Waals surface area contributed by atoms with Crippen molar-refractivity contribution >= 4 is 31.5 Å². The molecular formula is C52H35N3S. The maximum absolute atomic E-state index is 10.0. The minimum atomic E-state index is -0.673. The maximum Gasteiger partial charge on any atom is 0.164 e. The Morgan fingerprint density at radius 3 is 1.54 bits per heavy atom. The Morgan fingerprint density at radius 2 is 0.875 bits per heavy atom. The lowest BCUT2D eigenvalue weighted by molar-refractivity contribution is 1.07. The molecule has 2 aromatic heterocycles. The fraction of sp³-hybridized carbons (Fsp3) is 0.0192. The Balaban J connectivity index is 1.27. The first kappa shape index (κ1) is 23.0. The normalized spacial score (nSPS) is 14.3. The summed E-state index contributed by atoms with van der Waals surface area (Å²) in [6.45, 7) is 1.44. The van der Waals surface area contributed by atoms with Crippen LogP contribution in [0.2, 0.25) is 0 Å². The minimum Gasteiger partial charge on any atom is -0.208 e. The second kappa shape index (κ2) is 14.3. The second-order valence-corrected chi connectivity index (χ2v) is 14.1. The number of nitrogens with zero attached hydrogens (tertiary/aromatic N) is 3. The van der Waals surface area contributed by atoms with E-state index in [2.05, 4.69) is 57.4 Å². The summed E-state index contributed by atoms with van der Waals surface area (Å²) in [5.41, 5.74) is 4.64. The van der Waals surface area contributed by atoms with Gasteiger partial charge in [0, 0.05) is 36.9 Å². The van der Waals surface area contributed by atoms with Gasteiger partial charge in [0.2, 0.25) is 0 Å². The summed E-state index contributed by atoms with van der Waals surface area (Å²) in [7, 11) is 0. The zero-order chi connectivity index (χ0) is 47.9. The van der Waals surface area contributed by atoms with Crippen LogP contribution in [0.4, 0.5) is 0 Å². The van der Waals surface area contributed by atoms with Crippen molar-refractivity contribution in [1.82, 2.24) is 15.0 Å². The molecule has 3 nitrogen and oxygen atoms in total. The van der Waals surface area contributed by atoms with E-state index in [1.165, 1.54) is 18.3 Å². The van der Waals surface area contributed by atoms with Crippen LogP contribution in [0.15, 0.2) is 194 Å². The van der Waals surface area contributed by atoms with E-state index in [-0.39, 0.29) is 63.9 Å². The van der Waals surface area contributed by atoms with Crippen molar-refractivity contribution in [2.24, 2.45) is 0 Å². The van der Waals surface area contributed by atoms with Crippen LogP contribution in [0.3, 0.4) is 0 Å². The number of hydrogen-bond acceptors (Lipinski definition) is 4. The van der Waals surface area contributed by atoms with Gasteiger partial charge < -0.3 is 0 Å². The van der Waals surface area contributed by atoms with Crippen LogP contribution in [0.1, 0.15) is 22.0 Å². The molecular weight excluding hydrogens is 699 g/mol. The largest absolute Gasteiger partial charge is 0.208 e. The van der Waals surface area contributed by atoms with Gasteiger partial charge in [0.05, 0.1) is 16.4 Å². The number of aromatic nitrogens is 3. The maximum atomic E-state index is 10.0. The van der Waals surface area contributed by atoms with Crippen molar-refractivity contribution in [3.63, 3.8) is 0 Å². The third kappa shape index (κ3) is 6.36. The predicted molar refractivity (Wildman–Crippen MR) is 236 cm³/mol. The molecule has 0 fully saturated rings. The first-order chi connectivity index (χ1) is 32.7. The average molecular weight is 746 g/mol. The summed E-state index contributed by atoms with van der Waals surface area (Å²) in [6.07, 6.45) is 0. The second-order valence-electron chi connectivity index (χ2n) is 13.1. The zero-order valence-corrected chi connectivity index (χ0v) is 30.6. The summed E-state index contributed by atoms with van der Waals surface area (Å²) in [5.74, 6) is -1.24. The summed E-state index contributed by atoms with van der Waals surface area (Å²) in [4.78, 5) is 13.8. The molecule has 0 saturated carbocycles. The van der Waals surface area contributed by atoms with Gasteiger partial charge in [0.25, 0.3) is 0 Å². The van der Waals surface area contributed by atoms with Gasteiger partial charge in [-0.2, -0.15) is 0 Å². The highest BCUT2D eigenvalue weighted by atomic mass is 32.1. The van der Waals surface area contributed by atoms with Crippen LogP contribution < -0.4 is 0 Å². The lowest BCUT2D eigenvalue weighted by Crippen LogP contribution is -2.00. The Labute approximate surface area is 347 Å². The summed E-state index contributed by atoms with van der Waals surface area (Å²) in [6, 6.07) is 33.3. The number of fused-ring (bicyclic) bond motifs is 3. The average Bonchev–Trinajstić information content (AvgIpc) is 3.74. The molecule has 0 amide bonds. The highest BCUT2D eigenvalue weighted by molar-refractivity contribution is 7.26. The van der Waals surface area contributed by atoms with Crippen LogP contribution in [-0.2, 0) is 0 Å². The minimum absolute atomic E-state index is 0.0469. The first-order valence-corrected chi connectivity index (χ1v) is 18.7. The first-order valence-electron chi connectivity index (χ1n) is 23.9. The van der Waals surface area contributed by atoms with Gasteiger partial charge >= 0.3 is 0 Å². The van der Waals surface area contributed by atoms with E-state index in [1.807, 2.05) is 48.5 Å². The van der Waals surface area contributed by atoms with Gasteiger partial charge in [-0.05, 0) is 75.6 Å². The van der Waals surface area contributed by atoms with Crippen molar-refractivity contribution in [1.29, 1.82) is 0 Å². The molecule has 0 unspecified atom stereocenters. The fourth-order valence-electron chi connectivity index (χ4n) is 6.80. The highest BCUT2D eigenvalue weighted by Crippen LogP contribution is 2.45. The monoisotopic (exact) mass is 745 g/mol. The summed E-state index contributed by atoms with van der Waals surface area (Å²) >= 11 is 1.52. The fourth-order valence-corrected chi connectivity index (χ4v) is 8.16. The molecule has 0 saturated heterocycles. The van der Waals surface area contributed by atoms with E-state index >= 15 is 0 Å². The van der Waals surface area contributed by atoms with Crippen LogP contribution in [0, 0.1) is 6.92 Å². The van der Waals surface area contributed by atoms with E-state index in [0.29, 0.717) is 11.1 Å². The van der Waals surface area contributed by atoms with Gasteiger partial charge in [-0.3, -0.25) is 0 Å². The van der Waals surface area contributed by atoms with Gasteiger partial charge in [-0.1, -0.05) is 175 Å². The number of benzene rings is 8. The Morgan fingerprint density at radius 1 is 0.375 bits per heavy atom. The molecule has 56 heavy (non-hydrogen) atoms. The van der Waals surface area contributed by atoms with Gasteiger partial charge in [0.1, 0.15) is 0 Å². The lowest BCUT2D eigenvalue weighted by Gasteiger charge is -2.13. The summed E-state index contributed by atoms with van der Waals surface area (Å²) in [5, 5.41) is 1.86. The molecule has 4 heteroatoms. The molecule has 0 atom stereocenters. The van der Waals surface area contributed by atoms with E-state index in [9.17, 15) is 4.11 Å². The SMILES string of the molecule is [2H]c1c([2H])c([2H])c(-c2nc(-c3c([2H])c([2H])c([2H])c(C)c3[2H])nc(-c3c([2H])c(-c4ccccc4)c([2H])c(-c4cccc5c4sc4c(-c6ccc(-c7ccccc7)cc6)cccc45)c3[2H])n2)c([2H])c1[2H]. The van der Waals surface area contributed by atoms with E-state index < -0.39 is 59.5 Å². The van der Waals surface area contributed by atoms with Crippen molar-refractivity contribution in [3.05, 3.63) is 199 Å². The molecule has 8 aromatic carbocycles. The Bertz CT molecular complexity index is 3570. The molecule has 10 aromatic rings. The van der Waals surface area contributed by atoms with Gasteiger partial charge in [0.15, 0.2) is 17.5 Å².